The maximum atomic E-state index is 11.6. The summed E-state index contributed by atoms with van der Waals surface area (Å²) in [5.74, 6) is 0.601. The molecule has 0 atom stereocenters. The molecule has 0 amide bonds. The van der Waals surface area contributed by atoms with Crippen molar-refractivity contribution in [1.82, 2.24) is 0 Å². The van der Waals surface area contributed by atoms with Gasteiger partial charge in [0, 0.05) is 27.3 Å². The second-order valence-corrected chi connectivity index (χ2v) is 8.94. The van der Waals surface area contributed by atoms with E-state index < -0.39 is 0 Å². The van der Waals surface area contributed by atoms with Crippen LogP contribution in [0.4, 0.5) is 0 Å². The molecule has 3 nitrogen and oxygen atoms in total. The van der Waals surface area contributed by atoms with E-state index in [2.05, 4.69) is 57.3 Å². The van der Waals surface area contributed by atoms with Crippen LogP contribution in [0.5, 0.6) is 5.75 Å². The topological polar surface area (TPSA) is 46.5 Å². The van der Waals surface area contributed by atoms with E-state index in [4.69, 9.17) is 4.74 Å². The maximum absolute atomic E-state index is 11.6. The van der Waals surface area contributed by atoms with E-state index in [-0.39, 0.29) is 11.9 Å². The lowest BCUT2D eigenvalue weighted by atomic mass is 9.89. The molecule has 0 spiro atoms. The van der Waals surface area contributed by atoms with Crippen molar-refractivity contribution in [1.29, 1.82) is 0 Å². The monoisotopic (exact) mass is 408 g/mol. The van der Waals surface area contributed by atoms with Gasteiger partial charge in [-0.2, -0.15) is 0 Å². The normalized spacial score (nSPS) is 12.2. The van der Waals surface area contributed by atoms with Crippen LogP contribution in [0.3, 0.4) is 0 Å². The van der Waals surface area contributed by atoms with Crippen LogP contribution >= 0.6 is 11.3 Å². The molecular weight excluding hydrogens is 380 g/mol. The molecule has 3 rings (SSSR count). The van der Waals surface area contributed by atoms with Gasteiger partial charge in [0.2, 0.25) is 0 Å². The third-order valence-electron chi connectivity index (χ3n) is 5.30. The second kappa shape index (κ2) is 8.42. The Hall–Kier alpha value is -2.59. The number of hydrogen-bond acceptors (Lipinski definition) is 4. The smallest absolute Gasteiger partial charge is 0.330 e. The van der Waals surface area contributed by atoms with Crippen LogP contribution in [0.25, 0.3) is 26.8 Å². The Kier molecular flexibility index (Phi) is 6.13. The van der Waals surface area contributed by atoms with Crippen molar-refractivity contribution in [2.45, 2.75) is 46.5 Å². The molecule has 0 unspecified atom stereocenters. The van der Waals surface area contributed by atoms with Crippen LogP contribution in [-0.2, 0) is 9.53 Å². The summed E-state index contributed by atoms with van der Waals surface area (Å²) in [6.07, 6.45) is 1.50. The van der Waals surface area contributed by atoms with Gasteiger partial charge in [-0.15, -0.1) is 11.3 Å². The van der Waals surface area contributed by atoms with Crippen LogP contribution < -0.4 is 0 Å². The molecule has 0 radical (unpaired) electrons. The third kappa shape index (κ3) is 4.23. The zero-order valence-corrected chi connectivity index (χ0v) is 18.7. The Morgan fingerprint density at radius 2 is 1.79 bits per heavy atom. The first kappa shape index (κ1) is 21.1. The number of aromatic hydroxyl groups is 1. The molecule has 3 aromatic rings. The minimum Gasteiger partial charge on any atom is -0.507 e. The van der Waals surface area contributed by atoms with E-state index in [1.807, 2.05) is 13.0 Å². The molecule has 1 N–H and O–H groups in total. The number of carbonyl (C=O) groups excluding carboxylic acids is 1. The zero-order valence-electron chi connectivity index (χ0n) is 17.9. The quantitative estimate of drug-likeness (QED) is 0.362. The number of rotatable bonds is 5. The highest BCUT2D eigenvalue weighted by molar-refractivity contribution is 7.17. The first-order chi connectivity index (χ1) is 13.7. The van der Waals surface area contributed by atoms with Gasteiger partial charge in [0.15, 0.2) is 0 Å². The number of phenolic OH excluding ortho intramolecular Hbond substituents is 1. The molecule has 0 aliphatic rings. The summed E-state index contributed by atoms with van der Waals surface area (Å²) >= 11 is 1.66. The van der Waals surface area contributed by atoms with E-state index >= 15 is 0 Å². The zero-order chi connectivity index (χ0) is 21.3. The summed E-state index contributed by atoms with van der Waals surface area (Å²) in [6, 6.07) is 10.4. The number of esters is 1. The number of methoxy groups -OCH3 is 1. The van der Waals surface area contributed by atoms with Gasteiger partial charge in [-0.05, 0) is 64.6 Å². The lowest BCUT2D eigenvalue weighted by molar-refractivity contribution is -0.134. The summed E-state index contributed by atoms with van der Waals surface area (Å²) in [5, 5.41) is 14.2. The second-order valence-electron chi connectivity index (χ2n) is 8.03. The molecule has 0 fully saturated rings. The van der Waals surface area contributed by atoms with Crippen molar-refractivity contribution in [3.8, 4) is 16.9 Å². The van der Waals surface area contributed by atoms with Gasteiger partial charge in [0.25, 0.3) is 0 Å². The fourth-order valence-corrected chi connectivity index (χ4v) is 4.40. The first-order valence-corrected chi connectivity index (χ1v) is 10.8. The first-order valence-electron chi connectivity index (χ1n) is 9.88. The van der Waals surface area contributed by atoms with Crippen LogP contribution in [-0.4, -0.2) is 18.2 Å². The summed E-state index contributed by atoms with van der Waals surface area (Å²) in [5.41, 5.74) is 5.91. The van der Waals surface area contributed by atoms with Crippen molar-refractivity contribution in [3.63, 3.8) is 0 Å². The number of carbonyl (C=O) groups is 1. The van der Waals surface area contributed by atoms with Gasteiger partial charge in [-0.1, -0.05) is 39.8 Å². The molecule has 0 aliphatic heterocycles. The predicted molar refractivity (Wildman–Crippen MR) is 123 cm³/mol. The molecule has 29 heavy (non-hydrogen) atoms. The maximum Gasteiger partial charge on any atom is 0.330 e. The van der Waals surface area contributed by atoms with Crippen LogP contribution in [0, 0.1) is 0 Å². The highest BCUT2D eigenvalue weighted by Crippen LogP contribution is 2.43. The Morgan fingerprint density at radius 1 is 1.07 bits per heavy atom. The summed E-state index contributed by atoms with van der Waals surface area (Å²) < 4.78 is 5.90. The molecule has 4 heteroatoms. The van der Waals surface area contributed by atoms with E-state index in [1.165, 1.54) is 18.7 Å². The standard InChI is InChI=1S/C25H28O3S/c1-14(2)18-11-19(15(3)4)25(27)21(12-18)22-13-29-23-8-7-17(10-20(22)23)16(5)9-24(26)28-6/h7-15,27H,1-6H3. The van der Waals surface area contributed by atoms with E-state index in [9.17, 15) is 9.90 Å². The fraction of sp³-hybridized carbons (Fsp3) is 0.320. The molecule has 0 saturated carbocycles. The van der Waals surface area contributed by atoms with Crippen LogP contribution in [0.1, 0.15) is 63.1 Å². The summed E-state index contributed by atoms with van der Waals surface area (Å²) in [7, 11) is 1.38. The summed E-state index contributed by atoms with van der Waals surface area (Å²) in [6.45, 7) is 10.5. The van der Waals surface area contributed by atoms with Gasteiger partial charge in [0.1, 0.15) is 5.75 Å². The van der Waals surface area contributed by atoms with Gasteiger partial charge in [-0.25, -0.2) is 4.79 Å². The molecule has 152 valence electrons. The molecular formula is C25H28O3S. The van der Waals surface area contributed by atoms with E-state index in [0.29, 0.717) is 11.7 Å². The van der Waals surface area contributed by atoms with Crippen molar-refractivity contribution in [2.75, 3.05) is 7.11 Å². The third-order valence-corrected chi connectivity index (χ3v) is 6.27. The van der Waals surface area contributed by atoms with Gasteiger partial charge >= 0.3 is 5.97 Å². The number of allylic oxidation sites excluding steroid dienone is 1. The van der Waals surface area contributed by atoms with Crippen molar-refractivity contribution >= 4 is 33.0 Å². The highest BCUT2D eigenvalue weighted by atomic mass is 32.1. The minimum atomic E-state index is -0.364. The fourth-order valence-electron chi connectivity index (χ4n) is 3.46. The van der Waals surface area contributed by atoms with Crippen LogP contribution in [0.2, 0.25) is 0 Å². The lowest BCUT2D eigenvalue weighted by Gasteiger charge is -2.17. The molecule has 1 heterocycles. The summed E-state index contributed by atoms with van der Waals surface area (Å²) in [4.78, 5) is 11.6. The number of phenols is 1. The molecule has 0 bridgehead atoms. The number of hydrogen-bond donors (Lipinski definition) is 1. The molecule has 0 saturated heterocycles. The van der Waals surface area contributed by atoms with Crippen LogP contribution in [0.15, 0.2) is 41.8 Å². The van der Waals surface area contributed by atoms with Crippen molar-refractivity contribution < 1.29 is 14.6 Å². The highest BCUT2D eigenvalue weighted by Gasteiger charge is 2.18. The Balaban J connectivity index is 2.22. The molecule has 1 aromatic heterocycles. The average molecular weight is 409 g/mol. The number of benzene rings is 2. The average Bonchev–Trinajstić information content (AvgIpc) is 3.10. The molecule has 0 aliphatic carbocycles. The number of fused-ring (bicyclic) bond motifs is 1. The SMILES string of the molecule is COC(=O)C=C(C)c1ccc2scc(-c3cc(C(C)C)cc(C(C)C)c3O)c2c1. The Labute approximate surface area is 176 Å². The molecule has 2 aromatic carbocycles. The predicted octanol–water partition coefficient (Wildman–Crippen LogP) is 7.10. The van der Waals surface area contributed by atoms with Gasteiger partial charge < -0.3 is 9.84 Å². The van der Waals surface area contributed by atoms with Gasteiger partial charge in [-0.3, -0.25) is 0 Å². The minimum absolute atomic E-state index is 0.234. The number of thiophene rings is 1. The Bertz CT molecular complexity index is 1090. The Morgan fingerprint density at radius 3 is 2.41 bits per heavy atom. The largest absolute Gasteiger partial charge is 0.507 e. The number of ether oxygens (including phenoxy) is 1. The lowest BCUT2D eigenvalue weighted by Crippen LogP contribution is -1.96. The van der Waals surface area contributed by atoms with Crippen molar-refractivity contribution in [2.24, 2.45) is 0 Å². The van der Waals surface area contributed by atoms with E-state index in [0.717, 1.165) is 37.9 Å². The van der Waals surface area contributed by atoms with E-state index in [1.54, 1.807) is 11.3 Å². The van der Waals surface area contributed by atoms with Gasteiger partial charge in [0.05, 0.1) is 7.11 Å². The van der Waals surface area contributed by atoms with Crippen molar-refractivity contribution in [3.05, 3.63) is 58.5 Å².